The largest absolute Gasteiger partial charge is 0.319 e. The summed E-state index contributed by atoms with van der Waals surface area (Å²) in [5.41, 5.74) is 1.06. The van der Waals surface area contributed by atoms with Gasteiger partial charge in [0.2, 0.25) is 10.0 Å². The summed E-state index contributed by atoms with van der Waals surface area (Å²) in [7, 11) is -1.26. The van der Waals surface area contributed by atoms with Gasteiger partial charge < -0.3 is 4.57 Å². The van der Waals surface area contributed by atoms with Crippen LogP contribution in [0.2, 0.25) is 0 Å². The fraction of sp³-hybridized carbons (Fsp3) is 0.500. The summed E-state index contributed by atoms with van der Waals surface area (Å²) in [5, 5.41) is 0. The molecule has 0 unspecified atom stereocenters. The monoisotopic (exact) mass is 399 g/mol. The number of nitrogens with zero attached hydrogens (tertiary/aromatic N) is 3. The number of hydrogen-bond acceptors (Lipinski definition) is 5. The SMILES string of the molecule is CSc1ccc2c(c1)sc(=NC(=O)C1CCN(S(C)(=O)=O)CC1)n2C. The topological polar surface area (TPSA) is 71.7 Å². The molecule has 2 heterocycles. The molecular formula is C16H21N3O3S3. The van der Waals surface area contributed by atoms with Crippen molar-refractivity contribution in [3.8, 4) is 0 Å². The smallest absolute Gasteiger partial charge is 0.251 e. The normalized spacial score (nSPS) is 18.1. The van der Waals surface area contributed by atoms with Crippen molar-refractivity contribution in [2.75, 3.05) is 25.6 Å². The van der Waals surface area contributed by atoms with E-state index < -0.39 is 10.0 Å². The second-order valence-corrected chi connectivity index (χ2v) is 10.0. The maximum Gasteiger partial charge on any atom is 0.251 e. The van der Waals surface area contributed by atoms with E-state index in [2.05, 4.69) is 17.1 Å². The van der Waals surface area contributed by atoms with E-state index in [-0.39, 0.29) is 11.8 Å². The Morgan fingerprint density at radius 3 is 2.60 bits per heavy atom. The molecule has 0 bridgehead atoms. The van der Waals surface area contributed by atoms with Crippen molar-refractivity contribution < 1.29 is 13.2 Å². The fourth-order valence-corrected chi connectivity index (χ4v) is 5.42. The number of rotatable bonds is 3. The van der Waals surface area contributed by atoms with Crippen LogP contribution in [-0.4, -0.2) is 48.8 Å². The first-order valence-electron chi connectivity index (χ1n) is 7.97. The summed E-state index contributed by atoms with van der Waals surface area (Å²) in [6.45, 7) is 0.779. The third kappa shape index (κ3) is 3.99. The van der Waals surface area contributed by atoms with Crippen molar-refractivity contribution in [2.45, 2.75) is 17.7 Å². The highest BCUT2D eigenvalue weighted by Gasteiger charge is 2.28. The molecule has 1 amide bonds. The van der Waals surface area contributed by atoms with Crippen LogP contribution >= 0.6 is 23.1 Å². The van der Waals surface area contributed by atoms with Crippen LogP contribution in [0.25, 0.3) is 10.2 Å². The number of thioether (sulfide) groups is 1. The van der Waals surface area contributed by atoms with E-state index in [9.17, 15) is 13.2 Å². The Kier molecular flexibility index (Phi) is 5.38. The lowest BCUT2D eigenvalue weighted by molar-refractivity contribution is -0.122. The van der Waals surface area contributed by atoms with Crippen molar-refractivity contribution in [1.29, 1.82) is 0 Å². The zero-order chi connectivity index (χ0) is 18.2. The van der Waals surface area contributed by atoms with Crippen molar-refractivity contribution in [1.82, 2.24) is 8.87 Å². The lowest BCUT2D eigenvalue weighted by Gasteiger charge is -2.28. The van der Waals surface area contributed by atoms with Gasteiger partial charge in [-0.2, -0.15) is 4.99 Å². The van der Waals surface area contributed by atoms with Gasteiger partial charge in [0.25, 0.3) is 5.91 Å². The molecule has 9 heteroatoms. The lowest BCUT2D eigenvalue weighted by atomic mass is 9.98. The molecule has 1 saturated heterocycles. The Labute approximate surface area is 155 Å². The minimum absolute atomic E-state index is 0.152. The summed E-state index contributed by atoms with van der Waals surface area (Å²) in [6.07, 6.45) is 4.30. The van der Waals surface area contributed by atoms with E-state index in [4.69, 9.17) is 0 Å². The molecule has 25 heavy (non-hydrogen) atoms. The van der Waals surface area contributed by atoms with Crippen LogP contribution in [0.15, 0.2) is 28.1 Å². The first-order valence-corrected chi connectivity index (χ1v) is 11.9. The van der Waals surface area contributed by atoms with Crippen molar-refractivity contribution in [3.63, 3.8) is 0 Å². The number of aryl methyl sites for hydroxylation is 1. The van der Waals surface area contributed by atoms with E-state index in [1.807, 2.05) is 23.9 Å². The van der Waals surface area contributed by atoms with Crippen LogP contribution in [0, 0.1) is 5.92 Å². The van der Waals surface area contributed by atoms with Crippen molar-refractivity contribution in [2.24, 2.45) is 18.0 Å². The molecule has 0 atom stereocenters. The molecule has 1 fully saturated rings. The molecular weight excluding hydrogens is 378 g/mol. The van der Waals surface area contributed by atoms with Gasteiger partial charge >= 0.3 is 0 Å². The Balaban J connectivity index is 1.82. The van der Waals surface area contributed by atoms with Gasteiger partial charge in [0.05, 0.1) is 16.5 Å². The summed E-state index contributed by atoms with van der Waals surface area (Å²) in [6, 6.07) is 6.22. The molecule has 1 aromatic carbocycles. The molecule has 1 aromatic heterocycles. The maximum atomic E-state index is 12.5. The molecule has 0 saturated carbocycles. The third-order valence-corrected chi connectivity index (χ3v) is 7.62. The number of thiazole rings is 1. The molecule has 1 aliphatic heterocycles. The molecule has 2 aromatic rings. The number of fused-ring (bicyclic) bond motifs is 1. The van der Waals surface area contributed by atoms with E-state index in [1.165, 1.54) is 26.8 Å². The van der Waals surface area contributed by atoms with Gasteiger partial charge in [-0.05, 0) is 37.3 Å². The van der Waals surface area contributed by atoms with Gasteiger partial charge in [-0.3, -0.25) is 4.79 Å². The Morgan fingerprint density at radius 2 is 2.00 bits per heavy atom. The third-order valence-electron chi connectivity index (χ3n) is 4.49. The first-order chi connectivity index (χ1) is 11.8. The van der Waals surface area contributed by atoms with Crippen molar-refractivity contribution in [3.05, 3.63) is 23.0 Å². The molecule has 3 rings (SSSR count). The average molecular weight is 400 g/mol. The Hall–Kier alpha value is -1.16. The zero-order valence-corrected chi connectivity index (χ0v) is 16.9. The highest BCUT2D eigenvalue weighted by Crippen LogP contribution is 2.24. The first kappa shape index (κ1) is 18.6. The fourth-order valence-electron chi connectivity index (χ4n) is 2.97. The average Bonchev–Trinajstić information content (AvgIpc) is 2.89. The number of aromatic nitrogens is 1. The van der Waals surface area contributed by atoms with Crippen LogP contribution in [0.1, 0.15) is 12.8 Å². The summed E-state index contributed by atoms with van der Waals surface area (Å²) in [5.74, 6) is -0.356. The number of hydrogen-bond donors (Lipinski definition) is 0. The minimum atomic E-state index is -3.18. The second-order valence-electron chi connectivity index (χ2n) is 6.16. The highest BCUT2D eigenvalue weighted by atomic mass is 32.2. The summed E-state index contributed by atoms with van der Waals surface area (Å²) >= 11 is 3.19. The number of amides is 1. The van der Waals surface area contributed by atoms with E-state index in [0.717, 1.165) is 10.2 Å². The van der Waals surface area contributed by atoms with Crippen LogP contribution in [-0.2, 0) is 21.9 Å². The standard InChI is InChI=1S/C16H21N3O3S3/c1-18-13-5-4-12(23-2)10-14(13)24-16(18)17-15(20)11-6-8-19(9-7-11)25(3,21)22/h4-5,10-11H,6-9H2,1-3H3. The van der Waals surface area contributed by atoms with Gasteiger partial charge in [0, 0.05) is 31.0 Å². The molecule has 0 aliphatic carbocycles. The highest BCUT2D eigenvalue weighted by molar-refractivity contribution is 7.98. The van der Waals surface area contributed by atoms with E-state index in [0.29, 0.717) is 30.7 Å². The Bertz CT molecular complexity index is 967. The van der Waals surface area contributed by atoms with Crippen LogP contribution < -0.4 is 4.80 Å². The van der Waals surface area contributed by atoms with Crippen LogP contribution in [0.3, 0.4) is 0 Å². The Morgan fingerprint density at radius 1 is 1.32 bits per heavy atom. The number of piperidine rings is 1. The van der Waals surface area contributed by atoms with Crippen molar-refractivity contribution >= 4 is 49.2 Å². The molecule has 6 nitrogen and oxygen atoms in total. The summed E-state index contributed by atoms with van der Waals surface area (Å²) < 4.78 is 27.6. The second kappa shape index (κ2) is 7.22. The predicted molar refractivity (Wildman–Crippen MR) is 102 cm³/mol. The number of sulfonamides is 1. The van der Waals surface area contributed by atoms with Gasteiger partial charge in [0.15, 0.2) is 4.80 Å². The quantitative estimate of drug-likeness (QED) is 0.741. The maximum absolute atomic E-state index is 12.5. The zero-order valence-electron chi connectivity index (χ0n) is 14.4. The lowest BCUT2D eigenvalue weighted by Crippen LogP contribution is -2.39. The number of carbonyl (C=O) groups is 1. The molecule has 0 N–H and O–H groups in total. The van der Waals surface area contributed by atoms with Gasteiger partial charge in [-0.15, -0.1) is 11.8 Å². The number of carbonyl (C=O) groups excluding carboxylic acids is 1. The van der Waals surface area contributed by atoms with Gasteiger partial charge in [0.1, 0.15) is 0 Å². The molecule has 136 valence electrons. The van der Waals surface area contributed by atoms with E-state index in [1.54, 1.807) is 11.8 Å². The van der Waals surface area contributed by atoms with Crippen LogP contribution in [0.5, 0.6) is 0 Å². The molecule has 0 radical (unpaired) electrons. The molecule has 1 aliphatic rings. The molecule has 0 spiro atoms. The van der Waals surface area contributed by atoms with Crippen LogP contribution in [0.4, 0.5) is 0 Å². The van der Waals surface area contributed by atoms with Gasteiger partial charge in [-0.25, -0.2) is 12.7 Å². The number of benzene rings is 1. The van der Waals surface area contributed by atoms with Gasteiger partial charge in [-0.1, -0.05) is 11.3 Å². The van der Waals surface area contributed by atoms with E-state index >= 15 is 0 Å². The summed E-state index contributed by atoms with van der Waals surface area (Å²) in [4.78, 5) is 18.7. The minimum Gasteiger partial charge on any atom is -0.319 e. The predicted octanol–water partition coefficient (Wildman–Crippen LogP) is 2.06.